The van der Waals surface area contributed by atoms with Gasteiger partial charge in [0.1, 0.15) is 18.0 Å². The number of hydrazine groups is 1. The first kappa shape index (κ1) is 21.9. The molecule has 0 radical (unpaired) electrons. The second-order valence-electron chi connectivity index (χ2n) is 7.87. The molecule has 2 aromatic carbocycles. The Labute approximate surface area is 191 Å². The number of benzene rings is 2. The van der Waals surface area contributed by atoms with E-state index in [0.29, 0.717) is 23.5 Å². The van der Waals surface area contributed by atoms with E-state index < -0.39 is 11.8 Å². The largest absolute Gasteiger partial charge is 0.487 e. The van der Waals surface area contributed by atoms with Gasteiger partial charge in [-0.2, -0.15) is 0 Å². The quantitative estimate of drug-likeness (QED) is 0.446. The Kier molecular flexibility index (Phi) is 6.26. The van der Waals surface area contributed by atoms with E-state index in [1.54, 1.807) is 42.5 Å². The molecule has 0 aliphatic carbocycles. The summed E-state index contributed by atoms with van der Waals surface area (Å²) in [6, 6.07) is 17.8. The highest BCUT2D eigenvalue weighted by molar-refractivity contribution is 5.99. The molecule has 2 amide bonds. The number of hydrogen-bond acceptors (Lipinski definition) is 5. The molecular weight excluding hydrogens is 418 g/mol. The smallest absolute Gasteiger partial charge is 0.269 e. The average molecular weight is 444 g/mol. The first-order valence-electron chi connectivity index (χ1n) is 10.4. The topological polar surface area (TPSA) is 88.0 Å². The van der Waals surface area contributed by atoms with Crippen molar-refractivity contribution in [2.75, 3.05) is 19.0 Å². The van der Waals surface area contributed by atoms with Crippen molar-refractivity contribution in [3.8, 4) is 5.75 Å². The Morgan fingerprint density at radius 2 is 1.67 bits per heavy atom. The summed E-state index contributed by atoms with van der Waals surface area (Å²) in [5.74, 6) is -0.201. The van der Waals surface area contributed by atoms with Crippen molar-refractivity contribution in [1.82, 2.24) is 20.2 Å². The Balaban J connectivity index is 1.31. The van der Waals surface area contributed by atoms with E-state index in [1.165, 1.54) is 0 Å². The van der Waals surface area contributed by atoms with Crippen LogP contribution in [0.2, 0.25) is 0 Å². The molecule has 8 heteroatoms. The van der Waals surface area contributed by atoms with Crippen LogP contribution in [-0.2, 0) is 6.61 Å². The second-order valence-corrected chi connectivity index (χ2v) is 7.87. The van der Waals surface area contributed by atoms with Crippen molar-refractivity contribution < 1.29 is 14.3 Å². The highest BCUT2D eigenvalue weighted by Gasteiger charge is 2.11. The highest BCUT2D eigenvalue weighted by atomic mass is 16.5. The number of carbonyl (C=O) groups excluding carboxylic acids is 2. The summed E-state index contributed by atoms with van der Waals surface area (Å²) >= 11 is 0. The number of carbonyl (C=O) groups is 2. The third-order valence-electron chi connectivity index (χ3n) is 5.07. The van der Waals surface area contributed by atoms with Gasteiger partial charge in [-0.05, 0) is 61.0 Å². The number of rotatable bonds is 6. The Hall–Kier alpha value is -4.33. The van der Waals surface area contributed by atoms with Crippen LogP contribution in [0, 0.1) is 6.92 Å². The van der Waals surface area contributed by atoms with E-state index >= 15 is 0 Å². The van der Waals surface area contributed by atoms with Gasteiger partial charge in [-0.1, -0.05) is 12.1 Å². The molecule has 0 fully saturated rings. The zero-order chi connectivity index (χ0) is 23.4. The van der Waals surface area contributed by atoms with Gasteiger partial charge < -0.3 is 14.0 Å². The van der Waals surface area contributed by atoms with Gasteiger partial charge >= 0.3 is 0 Å². The molecule has 0 atom stereocenters. The fourth-order valence-electron chi connectivity index (χ4n) is 3.27. The molecule has 2 aromatic heterocycles. The lowest BCUT2D eigenvalue weighted by Crippen LogP contribution is -2.41. The maximum absolute atomic E-state index is 12.4. The van der Waals surface area contributed by atoms with Crippen LogP contribution in [0.4, 0.5) is 5.69 Å². The minimum Gasteiger partial charge on any atom is -0.487 e. The van der Waals surface area contributed by atoms with Crippen molar-refractivity contribution in [3.63, 3.8) is 0 Å². The minimum absolute atomic E-state index is 0.314. The predicted molar refractivity (Wildman–Crippen MR) is 126 cm³/mol. The first-order chi connectivity index (χ1) is 15.9. The Morgan fingerprint density at radius 3 is 2.39 bits per heavy atom. The summed E-state index contributed by atoms with van der Waals surface area (Å²) in [6.45, 7) is 2.34. The third-order valence-corrected chi connectivity index (χ3v) is 5.07. The Morgan fingerprint density at radius 1 is 0.939 bits per heavy atom. The van der Waals surface area contributed by atoms with Crippen molar-refractivity contribution in [3.05, 3.63) is 95.4 Å². The van der Waals surface area contributed by atoms with Gasteiger partial charge in [-0.3, -0.25) is 20.4 Å². The normalized spacial score (nSPS) is 10.6. The molecule has 2 heterocycles. The second kappa shape index (κ2) is 9.44. The summed E-state index contributed by atoms with van der Waals surface area (Å²) in [5, 5.41) is 0. The number of nitrogens with one attached hydrogen (secondary N) is 2. The number of imidazole rings is 1. The number of anilines is 1. The van der Waals surface area contributed by atoms with Gasteiger partial charge in [-0.15, -0.1) is 0 Å². The number of aryl methyl sites for hydroxylation is 1. The van der Waals surface area contributed by atoms with Crippen LogP contribution < -0.4 is 20.5 Å². The molecule has 0 spiro atoms. The predicted octanol–water partition coefficient (Wildman–Crippen LogP) is 3.36. The molecule has 0 saturated carbocycles. The molecule has 33 heavy (non-hydrogen) atoms. The molecular formula is C25H25N5O3. The lowest BCUT2D eigenvalue weighted by atomic mass is 10.2. The van der Waals surface area contributed by atoms with Gasteiger partial charge in [0, 0.05) is 43.3 Å². The third kappa shape index (κ3) is 5.30. The van der Waals surface area contributed by atoms with Crippen LogP contribution in [0.1, 0.15) is 32.0 Å². The van der Waals surface area contributed by atoms with Gasteiger partial charge in [-0.25, -0.2) is 4.98 Å². The van der Waals surface area contributed by atoms with E-state index in [4.69, 9.17) is 4.74 Å². The zero-order valence-corrected chi connectivity index (χ0v) is 18.7. The summed E-state index contributed by atoms with van der Waals surface area (Å²) < 4.78 is 7.76. The zero-order valence-electron chi connectivity index (χ0n) is 18.7. The highest BCUT2D eigenvalue weighted by Crippen LogP contribution is 2.16. The van der Waals surface area contributed by atoms with E-state index in [-0.39, 0.29) is 0 Å². The molecule has 0 aliphatic heterocycles. The number of hydrogen-bond donors (Lipinski definition) is 2. The van der Waals surface area contributed by atoms with Crippen molar-refractivity contribution in [1.29, 1.82) is 0 Å². The molecule has 8 nitrogen and oxygen atoms in total. The van der Waals surface area contributed by atoms with Gasteiger partial charge in [0.05, 0.1) is 5.69 Å². The molecule has 0 aliphatic rings. The number of aromatic nitrogens is 2. The summed E-state index contributed by atoms with van der Waals surface area (Å²) in [6.07, 6.45) is 3.94. The SMILES string of the molecule is Cc1ccc2nc(COc3ccc(C(=O)NNC(=O)c4cccc(N(C)C)c4)cc3)cn2c1. The number of ether oxygens (including phenoxy) is 1. The molecule has 4 aromatic rings. The van der Waals surface area contributed by atoms with E-state index in [9.17, 15) is 9.59 Å². The number of pyridine rings is 1. The Bertz CT molecular complexity index is 1300. The molecule has 0 saturated heterocycles. The maximum Gasteiger partial charge on any atom is 0.269 e. The maximum atomic E-state index is 12.4. The van der Waals surface area contributed by atoms with Gasteiger partial charge in [0.25, 0.3) is 11.8 Å². The lowest BCUT2D eigenvalue weighted by molar-refractivity contribution is 0.0846. The van der Waals surface area contributed by atoms with Crippen molar-refractivity contribution >= 4 is 23.1 Å². The van der Waals surface area contributed by atoms with Gasteiger partial charge in [0.15, 0.2) is 0 Å². The number of amides is 2. The van der Waals surface area contributed by atoms with E-state index in [0.717, 1.165) is 22.6 Å². The van der Waals surface area contributed by atoms with Gasteiger partial charge in [0.2, 0.25) is 0 Å². The number of nitrogens with zero attached hydrogens (tertiary/aromatic N) is 3. The summed E-state index contributed by atoms with van der Waals surface area (Å²) in [5.41, 5.74) is 9.44. The van der Waals surface area contributed by atoms with Crippen LogP contribution in [0.25, 0.3) is 5.65 Å². The monoisotopic (exact) mass is 443 g/mol. The summed E-state index contributed by atoms with van der Waals surface area (Å²) in [4.78, 5) is 31.2. The fraction of sp³-hybridized carbons (Fsp3) is 0.160. The van der Waals surface area contributed by atoms with Crippen LogP contribution in [0.15, 0.2) is 73.1 Å². The molecule has 2 N–H and O–H groups in total. The molecule has 0 bridgehead atoms. The van der Waals surface area contributed by atoms with Crippen molar-refractivity contribution in [2.24, 2.45) is 0 Å². The minimum atomic E-state index is -0.422. The molecule has 4 rings (SSSR count). The standard InChI is InChI=1S/C25H25N5O3/c1-17-7-12-23-26-20(15-30(23)14-17)16-33-22-10-8-18(9-11-22)24(31)27-28-25(32)19-5-4-6-21(13-19)29(2)3/h4-15H,16H2,1-3H3,(H,27,31)(H,28,32). The number of fused-ring (bicyclic) bond motifs is 1. The van der Waals surface area contributed by atoms with Crippen molar-refractivity contribution in [2.45, 2.75) is 13.5 Å². The van der Waals surface area contributed by atoms with E-state index in [1.807, 2.05) is 60.9 Å². The molecule has 168 valence electrons. The van der Waals surface area contributed by atoms with Crippen LogP contribution in [-0.4, -0.2) is 35.3 Å². The van der Waals surface area contributed by atoms with Crippen LogP contribution >= 0.6 is 0 Å². The summed E-state index contributed by atoms with van der Waals surface area (Å²) in [7, 11) is 3.79. The molecule has 0 unspecified atom stereocenters. The van der Waals surface area contributed by atoms with Crippen LogP contribution in [0.5, 0.6) is 5.75 Å². The van der Waals surface area contributed by atoms with Crippen LogP contribution in [0.3, 0.4) is 0 Å². The van der Waals surface area contributed by atoms with E-state index in [2.05, 4.69) is 15.8 Å². The first-order valence-corrected chi connectivity index (χ1v) is 10.4. The fourth-order valence-corrected chi connectivity index (χ4v) is 3.27. The average Bonchev–Trinajstić information content (AvgIpc) is 3.23. The lowest BCUT2D eigenvalue weighted by Gasteiger charge is -2.13.